The van der Waals surface area contributed by atoms with Crippen molar-refractivity contribution in [1.29, 1.82) is 0 Å². The predicted octanol–water partition coefficient (Wildman–Crippen LogP) is 5.04. The second kappa shape index (κ2) is 5.88. The first-order chi connectivity index (χ1) is 9.22. The Morgan fingerprint density at radius 1 is 1.32 bits per heavy atom. The minimum absolute atomic E-state index is 0.428. The van der Waals surface area contributed by atoms with Gasteiger partial charge in [-0.05, 0) is 55.0 Å². The SMILES string of the molecule is Cc1ccc(CNC2CCSc3ccc(Cl)cc32)s1. The number of halogens is 1. The summed E-state index contributed by atoms with van der Waals surface area (Å²) in [5.74, 6) is 1.18. The molecule has 1 atom stereocenters. The van der Waals surface area contributed by atoms with Gasteiger partial charge in [0, 0.05) is 32.3 Å². The first-order valence-electron chi connectivity index (χ1n) is 6.43. The van der Waals surface area contributed by atoms with Crippen LogP contribution < -0.4 is 5.32 Å². The molecule has 100 valence electrons. The van der Waals surface area contributed by atoms with Gasteiger partial charge in [0.25, 0.3) is 0 Å². The van der Waals surface area contributed by atoms with Crippen molar-refractivity contribution >= 4 is 34.7 Å². The fourth-order valence-electron chi connectivity index (χ4n) is 2.38. The molecule has 1 unspecified atom stereocenters. The highest BCUT2D eigenvalue weighted by atomic mass is 35.5. The molecule has 2 heterocycles. The van der Waals surface area contributed by atoms with Crippen LogP contribution in [0, 0.1) is 6.92 Å². The summed E-state index contributed by atoms with van der Waals surface area (Å²) in [6.45, 7) is 3.10. The standard InChI is InChI=1S/C15H16ClNS2/c1-10-2-4-12(19-10)9-17-14-6-7-18-15-5-3-11(16)8-13(14)15/h2-5,8,14,17H,6-7,9H2,1H3. The van der Waals surface area contributed by atoms with Crippen LogP contribution in [0.3, 0.4) is 0 Å². The third kappa shape index (κ3) is 3.16. The normalized spacial score (nSPS) is 18.3. The summed E-state index contributed by atoms with van der Waals surface area (Å²) in [7, 11) is 0. The van der Waals surface area contributed by atoms with Crippen LogP contribution in [-0.2, 0) is 6.54 Å². The number of hydrogen-bond donors (Lipinski definition) is 1. The van der Waals surface area contributed by atoms with Crippen LogP contribution in [0.1, 0.15) is 27.8 Å². The van der Waals surface area contributed by atoms with E-state index in [1.165, 1.54) is 32.4 Å². The van der Waals surface area contributed by atoms with Crippen LogP contribution in [0.15, 0.2) is 35.2 Å². The number of rotatable bonds is 3. The zero-order valence-corrected chi connectivity index (χ0v) is 13.2. The van der Waals surface area contributed by atoms with E-state index in [9.17, 15) is 0 Å². The molecular formula is C15H16ClNS2. The van der Waals surface area contributed by atoms with Crippen LogP contribution in [0.25, 0.3) is 0 Å². The molecule has 1 aliphatic heterocycles. The Labute approximate surface area is 127 Å². The van der Waals surface area contributed by atoms with E-state index in [2.05, 4.69) is 36.5 Å². The predicted molar refractivity (Wildman–Crippen MR) is 85.4 cm³/mol. The summed E-state index contributed by atoms with van der Waals surface area (Å²) in [5.41, 5.74) is 1.36. The summed E-state index contributed by atoms with van der Waals surface area (Å²) in [6, 6.07) is 11.1. The van der Waals surface area contributed by atoms with Crippen molar-refractivity contribution in [3.63, 3.8) is 0 Å². The Bertz CT molecular complexity index is 579. The minimum Gasteiger partial charge on any atom is -0.305 e. The van der Waals surface area contributed by atoms with Gasteiger partial charge >= 0.3 is 0 Å². The van der Waals surface area contributed by atoms with Gasteiger partial charge in [0.15, 0.2) is 0 Å². The number of nitrogens with one attached hydrogen (secondary N) is 1. The summed E-state index contributed by atoms with van der Waals surface area (Å²) >= 11 is 9.93. The Balaban J connectivity index is 1.74. The first kappa shape index (κ1) is 13.5. The Hall–Kier alpha value is -0.480. The van der Waals surface area contributed by atoms with Gasteiger partial charge in [0.2, 0.25) is 0 Å². The molecule has 1 aromatic heterocycles. The van der Waals surface area contributed by atoms with Crippen LogP contribution in [0.2, 0.25) is 5.02 Å². The number of thioether (sulfide) groups is 1. The Morgan fingerprint density at radius 3 is 3.00 bits per heavy atom. The molecule has 0 radical (unpaired) electrons. The molecular weight excluding hydrogens is 294 g/mol. The maximum atomic E-state index is 6.13. The Kier molecular flexibility index (Phi) is 4.18. The Morgan fingerprint density at radius 2 is 2.21 bits per heavy atom. The van der Waals surface area contributed by atoms with Gasteiger partial charge in [-0.2, -0.15) is 0 Å². The van der Waals surface area contributed by atoms with Crippen molar-refractivity contribution in [3.05, 3.63) is 50.7 Å². The van der Waals surface area contributed by atoms with Gasteiger partial charge < -0.3 is 5.32 Å². The molecule has 1 aliphatic rings. The van der Waals surface area contributed by atoms with E-state index in [1.807, 2.05) is 29.2 Å². The van der Waals surface area contributed by atoms with Crippen molar-refractivity contribution in [1.82, 2.24) is 5.32 Å². The zero-order chi connectivity index (χ0) is 13.2. The molecule has 0 fully saturated rings. The molecule has 0 amide bonds. The molecule has 4 heteroatoms. The van der Waals surface area contributed by atoms with Gasteiger partial charge in [-0.15, -0.1) is 23.1 Å². The van der Waals surface area contributed by atoms with E-state index >= 15 is 0 Å². The number of benzene rings is 1. The van der Waals surface area contributed by atoms with Crippen LogP contribution >= 0.6 is 34.7 Å². The fourth-order valence-corrected chi connectivity index (χ4v) is 4.51. The highest BCUT2D eigenvalue weighted by molar-refractivity contribution is 7.99. The average Bonchev–Trinajstić information content (AvgIpc) is 2.82. The number of thiophene rings is 1. The van der Waals surface area contributed by atoms with E-state index in [1.54, 1.807) is 0 Å². The van der Waals surface area contributed by atoms with Crippen molar-refractivity contribution in [3.8, 4) is 0 Å². The highest BCUT2D eigenvalue weighted by Gasteiger charge is 2.20. The van der Waals surface area contributed by atoms with Crippen molar-refractivity contribution in [2.45, 2.75) is 30.8 Å². The van der Waals surface area contributed by atoms with Gasteiger partial charge in [-0.3, -0.25) is 0 Å². The van der Waals surface area contributed by atoms with E-state index in [-0.39, 0.29) is 0 Å². The fraction of sp³-hybridized carbons (Fsp3) is 0.333. The highest BCUT2D eigenvalue weighted by Crippen LogP contribution is 2.37. The van der Waals surface area contributed by atoms with E-state index < -0.39 is 0 Å². The molecule has 0 bridgehead atoms. The van der Waals surface area contributed by atoms with Gasteiger partial charge in [-0.1, -0.05) is 11.6 Å². The van der Waals surface area contributed by atoms with Crippen LogP contribution in [0.5, 0.6) is 0 Å². The molecule has 0 saturated carbocycles. The number of fused-ring (bicyclic) bond motifs is 1. The lowest BCUT2D eigenvalue weighted by Gasteiger charge is -2.26. The molecule has 0 saturated heterocycles. The summed E-state index contributed by atoms with van der Waals surface area (Å²) in [4.78, 5) is 4.15. The monoisotopic (exact) mass is 309 g/mol. The minimum atomic E-state index is 0.428. The smallest absolute Gasteiger partial charge is 0.0410 e. The third-order valence-corrected chi connectivity index (χ3v) is 5.69. The van der Waals surface area contributed by atoms with Crippen molar-refractivity contribution < 1.29 is 0 Å². The average molecular weight is 310 g/mol. The van der Waals surface area contributed by atoms with E-state index in [4.69, 9.17) is 11.6 Å². The van der Waals surface area contributed by atoms with Crippen molar-refractivity contribution in [2.24, 2.45) is 0 Å². The molecule has 1 aromatic carbocycles. The summed E-state index contributed by atoms with van der Waals surface area (Å²) in [6.07, 6.45) is 1.17. The lowest BCUT2D eigenvalue weighted by Crippen LogP contribution is -2.23. The first-order valence-corrected chi connectivity index (χ1v) is 8.61. The van der Waals surface area contributed by atoms with Gasteiger partial charge in [-0.25, -0.2) is 0 Å². The zero-order valence-electron chi connectivity index (χ0n) is 10.8. The van der Waals surface area contributed by atoms with Gasteiger partial charge in [0.1, 0.15) is 0 Å². The topological polar surface area (TPSA) is 12.0 Å². The lowest BCUT2D eigenvalue weighted by atomic mass is 10.0. The molecule has 2 aromatic rings. The number of hydrogen-bond acceptors (Lipinski definition) is 3. The molecule has 1 nitrogen and oxygen atoms in total. The second-order valence-electron chi connectivity index (χ2n) is 4.77. The quantitative estimate of drug-likeness (QED) is 0.852. The largest absolute Gasteiger partial charge is 0.305 e. The van der Waals surface area contributed by atoms with Gasteiger partial charge in [0.05, 0.1) is 0 Å². The molecule has 19 heavy (non-hydrogen) atoms. The van der Waals surface area contributed by atoms with E-state index in [0.29, 0.717) is 6.04 Å². The summed E-state index contributed by atoms with van der Waals surface area (Å²) < 4.78 is 0. The van der Waals surface area contributed by atoms with Crippen LogP contribution in [-0.4, -0.2) is 5.75 Å². The van der Waals surface area contributed by atoms with Crippen molar-refractivity contribution in [2.75, 3.05) is 5.75 Å². The molecule has 0 aliphatic carbocycles. The molecule has 0 spiro atoms. The molecule has 3 rings (SSSR count). The third-order valence-electron chi connectivity index (χ3n) is 3.33. The second-order valence-corrected chi connectivity index (χ2v) is 7.71. The number of aryl methyl sites for hydroxylation is 1. The maximum Gasteiger partial charge on any atom is 0.0410 e. The lowest BCUT2D eigenvalue weighted by molar-refractivity contribution is 0.513. The molecule has 1 N–H and O–H groups in total. The summed E-state index contributed by atoms with van der Waals surface area (Å²) in [5, 5.41) is 4.51. The maximum absolute atomic E-state index is 6.13. The van der Waals surface area contributed by atoms with Crippen LogP contribution in [0.4, 0.5) is 0 Å². The van der Waals surface area contributed by atoms with E-state index in [0.717, 1.165) is 11.6 Å².